The molecule has 140 valence electrons. The van der Waals surface area contributed by atoms with Gasteiger partial charge < -0.3 is 15.4 Å². The van der Waals surface area contributed by atoms with Crippen LogP contribution in [0, 0.1) is 11.8 Å². The maximum absolute atomic E-state index is 12.5. The first-order chi connectivity index (χ1) is 12.4. The second kappa shape index (κ2) is 8.48. The molecule has 2 unspecified atom stereocenters. The highest BCUT2D eigenvalue weighted by Crippen LogP contribution is 2.20. The molecule has 26 heavy (non-hydrogen) atoms. The van der Waals surface area contributed by atoms with Gasteiger partial charge in [0.05, 0.1) is 0 Å². The molecule has 2 rings (SSSR count). The van der Waals surface area contributed by atoms with Crippen molar-refractivity contribution in [3.63, 3.8) is 0 Å². The first-order valence-corrected chi connectivity index (χ1v) is 8.41. The number of aromatic nitrogens is 1. The number of para-hydroxylation sites is 1. The summed E-state index contributed by atoms with van der Waals surface area (Å²) in [4.78, 5) is 39.0. The molecular formula is C18H23N3O5. The highest BCUT2D eigenvalue weighted by molar-refractivity contribution is 6.01. The fourth-order valence-electron chi connectivity index (χ4n) is 2.92. The van der Waals surface area contributed by atoms with E-state index in [1.54, 1.807) is 20.0 Å². The van der Waals surface area contributed by atoms with Gasteiger partial charge in [0, 0.05) is 23.5 Å². The van der Waals surface area contributed by atoms with Crippen molar-refractivity contribution in [1.29, 1.82) is 0 Å². The molecule has 8 heteroatoms. The molecule has 2 amide bonds. The predicted molar refractivity (Wildman–Crippen MR) is 94.4 cm³/mol. The molecule has 1 heterocycles. The van der Waals surface area contributed by atoms with Crippen molar-refractivity contribution in [1.82, 2.24) is 15.8 Å². The lowest BCUT2D eigenvalue weighted by atomic mass is 9.90. The molecule has 0 aliphatic carbocycles. The van der Waals surface area contributed by atoms with Crippen molar-refractivity contribution in [3.8, 4) is 0 Å². The van der Waals surface area contributed by atoms with E-state index in [-0.39, 0.29) is 12.3 Å². The normalized spacial score (nSPS) is 14.4. The number of aromatic amines is 1. The molecular weight excluding hydrogens is 338 g/mol. The summed E-state index contributed by atoms with van der Waals surface area (Å²) in [7, 11) is 0. The Hall–Kier alpha value is -2.87. The van der Waals surface area contributed by atoms with Crippen LogP contribution in [0.4, 0.5) is 0 Å². The summed E-state index contributed by atoms with van der Waals surface area (Å²) in [5.74, 6) is -4.30. The van der Waals surface area contributed by atoms with Crippen LogP contribution in [0.2, 0.25) is 0 Å². The van der Waals surface area contributed by atoms with E-state index >= 15 is 0 Å². The van der Waals surface area contributed by atoms with E-state index < -0.39 is 29.7 Å². The Bertz CT molecular complexity index is 801. The third kappa shape index (κ3) is 4.20. The minimum Gasteiger partial charge on any atom is -0.480 e. The molecule has 1 aromatic heterocycles. The number of nitrogens with one attached hydrogen (secondary N) is 3. The second-order valence-electron chi connectivity index (χ2n) is 6.30. The monoisotopic (exact) mass is 361 g/mol. The molecule has 0 fully saturated rings. The number of hydrogen-bond acceptors (Lipinski definition) is 4. The minimum absolute atomic E-state index is 0.0685. The fourth-order valence-corrected chi connectivity index (χ4v) is 2.92. The number of rotatable bonds is 8. The SMILES string of the molecule is CCC(C)C(C(=O)NO)C(=O)N[C@@H](Cc1c[nH]c2ccccc12)C(=O)O. The first kappa shape index (κ1) is 19.5. The Morgan fingerprint density at radius 2 is 1.88 bits per heavy atom. The third-order valence-electron chi connectivity index (χ3n) is 4.60. The summed E-state index contributed by atoms with van der Waals surface area (Å²) in [6.07, 6.45) is 2.30. The number of carboxylic acid groups (broad SMARTS) is 1. The second-order valence-corrected chi connectivity index (χ2v) is 6.30. The molecule has 0 aliphatic heterocycles. The minimum atomic E-state index is -1.20. The van der Waals surface area contributed by atoms with E-state index in [9.17, 15) is 19.5 Å². The van der Waals surface area contributed by atoms with Crippen molar-refractivity contribution >= 4 is 28.7 Å². The van der Waals surface area contributed by atoms with Crippen LogP contribution in [-0.4, -0.2) is 39.1 Å². The van der Waals surface area contributed by atoms with E-state index in [0.29, 0.717) is 6.42 Å². The van der Waals surface area contributed by atoms with Crippen molar-refractivity contribution in [3.05, 3.63) is 36.0 Å². The molecule has 5 N–H and O–H groups in total. The molecule has 0 bridgehead atoms. The van der Waals surface area contributed by atoms with Gasteiger partial charge in [0.2, 0.25) is 5.91 Å². The lowest BCUT2D eigenvalue weighted by Gasteiger charge is -2.22. The van der Waals surface area contributed by atoms with Gasteiger partial charge in [-0.15, -0.1) is 0 Å². The molecule has 0 saturated heterocycles. The van der Waals surface area contributed by atoms with E-state index in [2.05, 4.69) is 10.3 Å². The van der Waals surface area contributed by atoms with E-state index in [4.69, 9.17) is 5.21 Å². The number of amides is 2. The standard InChI is InChI=1S/C18H23N3O5/c1-3-10(2)15(17(23)21-26)16(22)20-14(18(24)25)8-11-9-19-13-7-5-4-6-12(11)13/h4-7,9-10,14-15,19,26H,3,8H2,1-2H3,(H,20,22)(H,21,23)(H,24,25)/t10?,14-,15?/m0/s1. The maximum Gasteiger partial charge on any atom is 0.326 e. The van der Waals surface area contributed by atoms with E-state index in [1.165, 1.54) is 5.48 Å². The largest absolute Gasteiger partial charge is 0.480 e. The fraction of sp³-hybridized carbons (Fsp3) is 0.389. The van der Waals surface area contributed by atoms with Gasteiger partial charge >= 0.3 is 5.97 Å². The number of hydrogen-bond donors (Lipinski definition) is 5. The Morgan fingerprint density at radius 1 is 1.19 bits per heavy atom. The van der Waals surface area contributed by atoms with Crippen LogP contribution in [0.15, 0.2) is 30.5 Å². The Balaban J connectivity index is 2.20. The molecule has 2 aromatic rings. The van der Waals surface area contributed by atoms with Crippen molar-refractivity contribution < 1.29 is 24.7 Å². The topological polar surface area (TPSA) is 132 Å². The summed E-state index contributed by atoms with van der Waals surface area (Å²) >= 11 is 0. The van der Waals surface area contributed by atoms with Crippen molar-refractivity contribution in [2.75, 3.05) is 0 Å². The van der Waals surface area contributed by atoms with Gasteiger partial charge in [-0.05, 0) is 17.5 Å². The number of H-pyrrole nitrogens is 1. The molecule has 0 saturated carbocycles. The Kier molecular flexibility index (Phi) is 6.35. The Morgan fingerprint density at radius 3 is 2.50 bits per heavy atom. The van der Waals surface area contributed by atoms with Crippen LogP contribution in [0.5, 0.6) is 0 Å². The summed E-state index contributed by atoms with van der Waals surface area (Å²) < 4.78 is 0. The Labute approximate surface area is 150 Å². The zero-order chi connectivity index (χ0) is 19.3. The number of fused-ring (bicyclic) bond motifs is 1. The van der Waals surface area contributed by atoms with Crippen LogP contribution < -0.4 is 10.8 Å². The number of benzene rings is 1. The highest BCUT2D eigenvalue weighted by atomic mass is 16.5. The zero-order valence-corrected chi connectivity index (χ0v) is 14.7. The quantitative estimate of drug-likeness (QED) is 0.276. The van der Waals surface area contributed by atoms with Crippen LogP contribution in [0.25, 0.3) is 10.9 Å². The van der Waals surface area contributed by atoms with Gasteiger partial charge in [0.15, 0.2) is 0 Å². The van der Waals surface area contributed by atoms with Gasteiger partial charge in [0.1, 0.15) is 12.0 Å². The molecule has 1 aromatic carbocycles. The number of carbonyl (C=O) groups excluding carboxylic acids is 2. The van der Waals surface area contributed by atoms with Crippen LogP contribution in [-0.2, 0) is 20.8 Å². The number of hydroxylamine groups is 1. The average molecular weight is 361 g/mol. The molecule has 3 atom stereocenters. The number of aliphatic carboxylic acids is 1. The summed E-state index contributed by atoms with van der Waals surface area (Å²) in [6, 6.07) is 6.25. The van der Waals surface area contributed by atoms with Gasteiger partial charge in [-0.1, -0.05) is 38.5 Å². The van der Waals surface area contributed by atoms with Crippen LogP contribution >= 0.6 is 0 Å². The van der Waals surface area contributed by atoms with E-state index in [0.717, 1.165) is 16.5 Å². The first-order valence-electron chi connectivity index (χ1n) is 8.41. The summed E-state index contributed by atoms with van der Waals surface area (Å²) in [5.41, 5.74) is 3.10. The number of carboxylic acids is 1. The van der Waals surface area contributed by atoms with Crippen LogP contribution in [0.1, 0.15) is 25.8 Å². The van der Waals surface area contributed by atoms with Gasteiger partial charge in [-0.2, -0.15) is 0 Å². The lowest BCUT2D eigenvalue weighted by Crippen LogP contribution is -2.50. The average Bonchev–Trinajstić information content (AvgIpc) is 3.03. The zero-order valence-electron chi connectivity index (χ0n) is 14.7. The van der Waals surface area contributed by atoms with Crippen LogP contribution in [0.3, 0.4) is 0 Å². The third-order valence-corrected chi connectivity index (χ3v) is 4.60. The van der Waals surface area contributed by atoms with Crippen molar-refractivity contribution in [2.24, 2.45) is 11.8 Å². The summed E-state index contributed by atoms with van der Waals surface area (Å²) in [5, 5.41) is 21.7. The van der Waals surface area contributed by atoms with Crippen molar-refractivity contribution in [2.45, 2.75) is 32.7 Å². The van der Waals surface area contributed by atoms with E-state index in [1.807, 2.05) is 24.3 Å². The summed E-state index contributed by atoms with van der Waals surface area (Å²) in [6.45, 7) is 3.49. The lowest BCUT2D eigenvalue weighted by molar-refractivity contribution is -0.147. The van der Waals surface area contributed by atoms with Gasteiger partial charge in [-0.3, -0.25) is 14.8 Å². The van der Waals surface area contributed by atoms with Gasteiger partial charge in [-0.25, -0.2) is 10.3 Å². The molecule has 0 aliphatic rings. The highest BCUT2D eigenvalue weighted by Gasteiger charge is 2.34. The molecule has 8 nitrogen and oxygen atoms in total. The maximum atomic E-state index is 12.5. The molecule has 0 spiro atoms. The molecule has 0 radical (unpaired) electrons. The smallest absolute Gasteiger partial charge is 0.326 e. The predicted octanol–water partition coefficient (Wildman–Crippen LogP) is 1.45. The van der Waals surface area contributed by atoms with Gasteiger partial charge in [0.25, 0.3) is 5.91 Å². The number of carbonyl (C=O) groups is 3.